The Labute approximate surface area is 136 Å². The van der Waals surface area contributed by atoms with Crippen LogP contribution in [-0.4, -0.2) is 0 Å². The molecule has 1 fully saturated rings. The van der Waals surface area contributed by atoms with Crippen LogP contribution in [0.25, 0.3) is 0 Å². The number of nitrogens with two attached hydrogens (primary N) is 1. The molecule has 2 heteroatoms. The van der Waals surface area contributed by atoms with E-state index in [1.807, 2.05) is 6.92 Å². The number of hydrogen-bond donors (Lipinski definition) is 1. The summed E-state index contributed by atoms with van der Waals surface area (Å²) < 4.78 is 0. The van der Waals surface area contributed by atoms with Gasteiger partial charge in [0.2, 0.25) is 0 Å². The average Bonchev–Trinajstić information content (AvgIpc) is 2.76. The highest BCUT2D eigenvalue weighted by molar-refractivity contribution is 5.43. The van der Waals surface area contributed by atoms with Crippen molar-refractivity contribution in [3.8, 4) is 6.07 Å². The van der Waals surface area contributed by atoms with Gasteiger partial charge in [0.25, 0.3) is 0 Å². The van der Waals surface area contributed by atoms with Gasteiger partial charge in [-0.15, -0.1) is 0 Å². The summed E-state index contributed by atoms with van der Waals surface area (Å²) in [6, 6.07) is 8.77. The summed E-state index contributed by atoms with van der Waals surface area (Å²) in [6.45, 7) is 19.3. The van der Waals surface area contributed by atoms with Gasteiger partial charge in [0.1, 0.15) is 0 Å². The van der Waals surface area contributed by atoms with Crippen molar-refractivity contribution in [2.75, 3.05) is 0 Å². The largest absolute Gasteiger partial charge is 0.326 e. The van der Waals surface area contributed by atoms with Crippen LogP contribution in [0, 0.1) is 41.4 Å². The standard InChI is InChI=1S/C11H17N.C9H13N/c1-8(2)11(7-12)9(3,4)10(11,5)6;1-7-3-4-9(6-10)8(2)5-7/h1H2,2-6H3;3-5H,6,10H2,1-2H3. The van der Waals surface area contributed by atoms with Crippen molar-refractivity contribution in [3.05, 3.63) is 47.0 Å². The Hall–Kier alpha value is -1.59. The monoisotopic (exact) mass is 298 g/mol. The van der Waals surface area contributed by atoms with Crippen LogP contribution in [0.5, 0.6) is 0 Å². The lowest BCUT2D eigenvalue weighted by atomic mass is 9.89. The fourth-order valence-corrected chi connectivity index (χ4v) is 3.83. The molecule has 0 aromatic heterocycles. The molecule has 0 amide bonds. The number of hydrogen-bond acceptors (Lipinski definition) is 2. The van der Waals surface area contributed by atoms with E-state index in [9.17, 15) is 5.26 Å². The minimum atomic E-state index is -0.306. The third-order valence-electron chi connectivity index (χ3n) is 5.90. The van der Waals surface area contributed by atoms with E-state index in [2.05, 4.69) is 72.4 Å². The Bertz CT molecular complexity index is 601. The molecule has 2 rings (SSSR count). The predicted molar refractivity (Wildman–Crippen MR) is 94.2 cm³/mol. The molecule has 2 nitrogen and oxygen atoms in total. The molecule has 1 aliphatic rings. The molecule has 0 unspecified atom stereocenters. The zero-order valence-corrected chi connectivity index (χ0v) is 15.2. The van der Waals surface area contributed by atoms with E-state index in [0.29, 0.717) is 6.54 Å². The average molecular weight is 298 g/mol. The van der Waals surface area contributed by atoms with Crippen LogP contribution >= 0.6 is 0 Å². The van der Waals surface area contributed by atoms with Crippen LogP contribution < -0.4 is 5.73 Å². The van der Waals surface area contributed by atoms with Crippen LogP contribution in [0.1, 0.15) is 51.3 Å². The second-order valence-electron chi connectivity index (χ2n) is 7.53. The Morgan fingerprint density at radius 1 is 1.18 bits per heavy atom. The summed E-state index contributed by atoms with van der Waals surface area (Å²) in [6.07, 6.45) is 0. The normalized spacial score (nSPS) is 19.4. The molecule has 1 aromatic carbocycles. The molecule has 0 aliphatic heterocycles. The van der Waals surface area contributed by atoms with Crippen LogP contribution in [-0.2, 0) is 6.54 Å². The molecular formula is C20H30N2. The van der Waals surface area contributed by atoms with Gasteiger partial charge < -0.3 is 5.73 Å². The summed E-state index contributed by atoms with van der Waals surface area (Å²) in [5.41, 5.74) is 10.2. The minimum absolute atomic E-state index is 0.0700. The molecule has 2 N–H and O–H groups in total. The van der Waals surface area contributed by atoms with Crippen molar-refractivity contribution in [2.24, 2.45) is 22.0 Å². The summed E-state index contributed by atoms with van der Waals surface area (Å²) in [5.74, 6) is 0. The van der Waals surface area contributed by atoms with Gasteiger partial charge in [0.05, 0.1) is 11.5 Å². The van der Waals surface area contributed by atoms with Crippen LogP contribution in [0.3, 0.4) is 0 Å². The first-order valence-electron chi connectivity index (χ1n) is 7.83. The van der Waals surface area contributed by atoms with Gasteiger partial charge in [0, 0.05) is 6.54 Å². The lowest BCUT2D eigenvalue weighted by Crippen LogP contribution is -2.08. The van der Waals surface area contributed by atoms with E-state index >= 15 is 0 Å². The molecular weight excluding hydrogens is 268 g/mol. The van der Waals surface area contributed by atoms with Crippen molar-refractivity contribution in [1.29, 1.82) is 5.26 Å². The number of nitriles is 1. The highest BCUT2D eigenvalue weighted by atomic mass is 14.8. The first kappa shape index (κ1) is 18.5. The smallest absolute Gasteiger partial charge is 0.0890 e. The second-order valence-corrected chi connectivity index (χ2v) is 7.53. The topological polar surface area (TPSA) is 49.8 Å². The number of benzene rings is 1. The van der Waals surface area contributed by atoms with Crippen molar-refractivity contribution in [3.63, 3.8) is 0 Å². The Morgan fingerprint density at radius 3 is 1.91 bits per heavy atom. The molecule has 0 atom stereocenters. The van der Waals surface area contributed by atoms with Gasteiger partial charge in [-0.3, -0.25) is 0 Å². The third kappa shape index (κ3) is 2.48. The maximum atomic E-state index is 9.19. The lowest BCUT2D eigenvalue weighted by Gasteiger charge is -2.11. The van der Waals surface area contributed by atoms with Gasteiger partial charge in [-0.25, -0.2) is 0 Å². The zero-order valence-electron chi connectivity index (χ0n) is 15.2. The number of aryl methyl sites for hydroxylation is 2. The fraction of sp³-hybridized carbons (Fsp3) is 0.550. The van der Waals surface area contributed by atoms with Gasteiger partial charge >= 0.3 is 0 Å². The number of nitrogens with zero attached hydrogens (tertiary/aromatic N) is 1. The Balaban J connectivity index is 0.000000224. The molecule has 0 radical (unpaired) electrons. The fourth-order valence-electron chi connectivity index (χ4n) is 3.83. The van der Waals surface area contributed by atoms with E-state index in [1.165, 1.54) is 16.7 Å². The quantitative estimate of drug-likeness (QED) is 0.789. The highest BCUT2D eigenvalue weighted by Gasteiger charge is 2.78. The van der Waals surface area contributed by atoms with E-state index in [4.69, 9.17) is 5.73 Å². The molecule has 1 aliphatic carbocycles. The van der Waals surface area contributed by atoms with Crippen molar-refractivity contribution in [1.82, 2.24) is 0 Å². The van der Waals surface area contributed by atoms with Gasteiger partial charge in [-0.1, -0.05) is 63.6 Å². The zero-order chi connectivity index (χ0) is 17.3. The van der Waals surface area contributed by atoms with E-state index in [-0.39, 0.29) is 16.2 Å². The van der Waals surface area contributed by atoms with Gasteiger partial charge in [-0.05, 0) is 42.7 Å². The SMILES string of the molecule is C=C(C)C1(C#N)C(C)(C)C1(C)C.Cc1ccc(CN)c(C)c1. The molecule has 22 heavy (non-hydrogen) atoms. The molecule has 0 bridgehead atoms. The predicted octanol–water partition coefficient (Wildman–Crippen LogP) is 4.90. The molecule has 120 valence electrons. The minimum Gasteiger partial charge on any atom is -0.326 e. The van der Waals surface area contributed by atoms with Gasteiger partial charge in [-0.2, -0.15) is 5.26 Å². The van der Waals surface area contributed by atoms with Crippen molar-refractivity contribution >= 4 is 0 Å². The van der Waals surface area contributed by atoms with Crippen LogP contribution in [0.4, 0.5) is 0 Å². The molecule has 0 saturated heterocycles. The maximum Gasteiger partial charge on any atom is 0.0890 e. The molecule has 0 heterocycles. The van der Waals surface area contributed by atoms with Crippen LogP contribution in [0.15, 0.2) is 30.4 Å². The lowest BCUT2D eigenvalue weighted by molar-refractivity contribution is 0.457. The summed E-state index contributed by atoms with van der Waals surface area (Å²) in [4.78, 5) is 0. The van der Waals surface area contributed by atoms with E-state index < -0.39 is 0 Å². The first-order valence-corrected chi connectivity index (χ1v) is 7.83. The Kier molecular flexibility index (Phi) is 4.94. The summed E-state index contributed by atoms with van der Waals surface area (Å²) in [5, 5.41) is 9.19. The van der Waals surface area contributed by atoms with E-state index in [1.54, 1.807) is 0 Å². The molecule has 1 aromatic rings. The Morgan fingerprint density at radius 2 is 1.68 bits per heavy atom. The van der Waals surface area contributed by atoms with Gasteiger partial charge in [0.15, 0.2) is 0 Å². The summed E-state index contributed by atoms with van der Waals surface area (Å²) in [7, 11) is 0. The maximum absolute atomic E-state index is 9.19. The highest BCUT2D eigenvalue weighted by Crippen LogP contribution is 2.80. The number of rotatable bonds is 2. The van der Waals surface area contributed by atoms with Crippen LogP contribution in [0.2, 0.25) is 0 Å². The molecule has 1 saturated carbocycles. The van der Waals surface area contributed by atoms with Crippen molar-refractivity contribution in [2.45, 2.75) is 55.0 Å². The van der Waals surface area contributed by atoms with E-state index in [0.717, 1.165) is 5.57 Å². The second kappa shape index (κ2) is 5.89. The third-order valence-corrected chi connectivity index (χ3v) is 5.90. The number of allylic oxidation sites excluding steroid dienone is 1. The summed E-state index contributed by atoms with van der Waals surface area (Å²) >= 11 is 0. The first-order chi connectivity index (χ1) is 9.99. The van der Waals surface area contributed by atoms with Crippen molar-refractivity contribution < 1.29 is 0 Å². The molecule has 0 spiro atoms.